The third-order valence-corrected chi connectivity index (χ3v) is 4.24. The Kier molecular flexibility index (Phi) is 5.98. The van der Waals surface area contributed by atoms with E-state index in [9.17, 15) is 17.6 Å². The molecule has 0 aromatic heterocycles. The van der Waals surface area contributed by atoms with E-state index in [0.29, 0.717) is 6.54 Å². The largest absolute Gasteiger partial charge is 0.492 e. The van der Waals surface area contributed by atoms with Crippen LogP contribution in [0.25, 0.3) is 0 Å². The van der Waals surface area contributed by atoms with Crippen molar-refractivity contribution in [1.82, 2.24) is 4.90 Å². The smallest absolute Gasteiger partial charge is 0.265 e. The molecule has 0 saturated heterocycles. The van der Waals surface area contributed by atoms with E-state index in [2.05, 4.69) is 0 Å². The van der Waals surface area contributed by atoms with E-state index in [1.807, 2.05) is 6.92 Å². The summed E-state index contributed by atoms with van der Waals surface area (Å²) in [7, 11) is 3.71. The van der Waals surface area contributed by atoms with Crippen molar-refractivity contribution in [2.75, 3.05) is 20.7 Å². The summed E-state index contributed by atoms with van der Waals surface area (Å²) in [5.41, 5.74) is -0.0915. The molecule has 0 radical (unpaired) electrons. The molecule has 0 unspecified atom stereocenters. The number of halogens is 2. The molecule has 8 heteroatoms. The summed E-state index contributed by atoms with van der Waals surface area (Å²) < 4.78 is 41.5. The number of ether oxygens (including phenoxy) is 1. The van der Waals surface area contributed by atoms with E-state index < -0.39 is 31.4 Å². The molecule has 0 atom stereocenters. The Morgan fingerprint density at radius 1 is 1.43 bits per heavy atom. The fraction of sp³-hybridized carbons (Fsp3) is 0.462. The number of benzene rings is 1. The van der Waals surface area contributed by atoms with Crippen LogP contribution < -0.4 is 4.74 Å². The molecule has 1 amide bonds. The Morgan fingerprint density at radius 3 is 2.52 bits per heavy atom. The van der Waals surface area contributed by atoms with Crippen molar-refractivity contribution in [1.29, 1.82) is 0 Å². The predicted octanol–water partition coefficient (Wildman–Crippen LogP) is 2.63. The van der Waals surface area contributed by atoms with Gasteiger partial charge < -0.3 is 9.64 Å². The van der Waals surface area contributed by atoms with E-state index in [0.717, 1.165) is 32.1 Å². The fourth-order valence-corrected chi connectivity index (χ4v) is 2.80. The molecule has 0 aliphatic carbocycles. The fourth-order valence-electron chi connectivity index (χ4n) is 1.79. The van der Waals surface area contributed by atoms with E-state index in [-0.39, 0.29) is 5.56 Å². The lowest BCUT2D eigenvalue weighted by molar-refractivity contribution is 0.0792. The normalized spacial score (nSPS) is 11.3. The number of nitrogens with zero attached hydrogens (tertiary/aromatic N) is 1. The van der Waals surface area contributed by atoms with Crippen LogP contribution in [0.5, 0.6) is 5.75 Å². The van der Waals surface area contributed by atoms with Gasteiger partial charge in [0.2, 0.25) is 0 Å². The van der Waals surface area contributed by atoms with Crippen molar-refractivity contribution < 1.29 is 22.3 Å². The molecule has 0 aliphatic heterocycles. The lowest BCUT2D eigenvalue weighted by atomic mass is 10.1. The zero-order chi connectivity index (χ0) is 16.2. The van der Waals surface area contributed by atoms with Crippen molar-refractivity contribution in [2.45, 2.75) is 24.7 Å². The van der Waals surface area contributed by atoms with Gasteiger partial charge in [0.15, 0.2) is 11.6 Å². The SMILES string of the molecule is CCCCN(C)C(=O)c1cc(F)c(OC)c(S(=O)(=O)Cl)c1. The van der Waals surface area contributed by atoms with Crippen LogP contribution in [0.1, 0.15) is 30.1 Å². The third-order valence-electron chi connectivity index (χ3n) is 2.92. The molecule has 0 N–H and O–H groups in total. The first-order valence-corrected chi connectivity index (χ1v) is 8.61. The molecule has 0 spiro atoms. The zero-order valence-electron chi connectivity index (χ0n) is 12.0. The molecule has 0 saturated carbocycles. The van der Waals surface area contributed by atoms with Crippen LogP contribution >= 0.6 is 10.7 Å². The summed E-state index contributed by atoms with van der Waals surface area (Å²) in [6, 6.07) is 1.96. The summed E-state index contributed by atoms with van der Waals surface area (Å²) in [5, 5.41) is 0. The highest BCUT2D eigenvalue weighted by Crippen LogP contribution is 2.31. The second-order valence-electron chi connectivity index (χ2n) is 4.51. The van der Waals surface area contributed by atoms with Crippen LogP contribution in [0.2, 0.25) is 0 Å². The number of methoxy groups -OCH3 is 1. The molecule has 1 aromatic rings. The molecular weight excluding hydrogens is 321 g/mol. The van der Waals surface area contributed by atoms with Crippen molar-refractivity contribution in [3.8, 4) is 5.75 Å². The number of hydrogen-bond acceptors (Lipinski definition) is 4. The predicted molar refractivity (Wildman–Crippen MR) is 77.9 cm³/mol. The van der Waals surface area contributed by atoms with E-state index in [4.69, 9.17) is 15.4 Å². The van der Waals surface area contributed by atoms with Gasteiger partial charge in [-0.05, 0) is 18.6 Å². The molecular formula is C13H17ClFNO4S. The molecule has 0 heterocycles. The summed E-state index contributed by atoms with van der Waals surface area (Å²) >= 11 is 0. The highest BCUT2D eigenvalue weighted by atomic mass is 35.7. The van der Waals surface area contributed by atoms with Gasteiger partial charge in [-0.1, -0.05) is 13.3 Å². The van der Waals surface area contributed by atoms with Gasteiger partial charge in [0.25, 0.3) is 15.0 Å². The van der Waals surface area contributed by atoms with Gasteiger partial charge in [-0.15, -0.1) is 0 Å². The Hall–Kier alpha value is -1.34. The van der Waals surface area contributed by atoms with Crippen molar-refractivity contribution >= 4 is 25.6 Å². The second-order valence-corrected chi connectivity index (χ2v) is 7.04. The van der Waals surface area contributed by atoms with Gasteiger partial charge in [0.05, 0.1) is 7.11 Å². The van der Waals surface area contributed by atoms with Crippen LogP contribution in [-0.2, 0) is 9.05 Å². The average molecular weight is 338 g/mol. The molecule has 1 aromatic carbocycles. The number of hydrogen-bond donors (Lipinski definition) is 0. The number of carbonyl (C=O) groups excluding carboxylic acids is 1. The van der Waals surface area contributed by atoms with Crippen LogP contribution in [0.15, 0.2) is 17.0 Å². The van der Waals surface area contributed by atoms with Crippen LogP contribution in [0.4, 0.5) is 4.39 Å². The monoisotopic (exact) mass is 337 g/mol. The van der Waals surface area contributed by atoms with E-state index >= 15 is 0 Å². The third kappa shape index (κ3) is 4.31. The van der Waals surface area contributed by atoms with Gasteiger partial charge in [0.1, 0.15) is 4.90 Å². The average Bonchev–Trinajstić information content (AvgIpc) is 2.41. The molecule has 0 aliphatic rings. The van der Waals surface area contributed by atoms with Crippen LogP contribution in [0.3, 0.4) is 0 Å². The highest BCUT2D eigenvalue weighted by molar-refractivity contribution is 8.13. The standard InChI is InChI=1S/C13H17ClFNO4S/c1-4-5-6-16(2)13(17)9-7-10(15)12(20-3)11(8-9)21(14,18)19/h7-8H,4-6H2,1-3H3. The maximum absolute atomic E-state index is 13.9. The van der Waals surface area contributed by atoms with E-state index in [1.165, 1.54) is 4.90 Å². The first kappa shape index (κ1) is 17.7. The van der Waals surface area contributed by atoms with Gasteiger partial charge in [-0.25, -0.2) is 12.8 Å². The molecule has 5 nitrogen and oxygen atoms in total. The quantitative estimate of drug-likeness (QED) is 0.749. The zero-order valence-corrected chi connectivity index (χ0v) is 13.6. The van der Waals surface area contributed by atoms with Gasteiger partial charge in [0, 0.05) is 29.8 Å². The minimum Gasteiger partial charge on any atom is -0.492 e. The van der Waals surface area contributed by atoms with Crippen LogP contribution in [0, 0.1) is 5.82 Å². The first-order valence-electron chi connectivity index (χ1n) is 6.30. The maximum atomic E-state index is 13.9. The Labute approximate surface area is 128 Å². The molecule has 1 rings (SSSR count). The summed E-state index contributed by atoms with van der Waals surface area (Å²) in [4.78, 5) is 13.0. The number of amides is 1. The Bertz CT molecular complexity index is 633. The van der Waals surface area contributed by atoms with Gasteiger partial charge in [-0.2, -0.15) is 0 Å². The minimum absolute atomic E-state index is 0.0915. The van der Waals surface area contributed by atoms with Gasteiger partial charge in [-0.3, -0.25) is 4.79 Å². The summed E-state index contributed by atoms with van der Waals surface area (Å²) in [6.45, 7) is 2.47. The van der Waals surface area contributed by atoms with Crippen molar-refractivity contribution in [3.63, 3.8) is 0 Å². The maximum Gasteiger partial charge on any atom is 0.265 e. The highest BCUT2D eigenvalue weighted by Gasteiger charge is 2.24. The van der Waals surface area contributed by atoms with E-state index in [1.54, 1.807) is 7.05 Å². The second kappa shape index (κ2) is 7.09. The molecule has 0 fully saturated rings. The topological polar surface area (TPSA) is 63.7 Å². The Balaban J connectivity index is 3.27. The van der Waals surface area contributed by atoms with Crippen LogP contribution in [-0.4, -0.2) is 39.9 Å². The Morgan fingerprint density at radius 2 is 2.05 bits per heavy atom. The lowest BCUT2D eigenvalue weighted by Gasteiger charge is -2.17. The number of carbonyl (C=O) groups is 1. The number of unbranched alkanes of at least 4 members (excludes halogenated alkanes) is 1. The minimum atomic E-state index is -4.23. The number of rotatable bonds is 6. The lowest BCUT2D eigenvalue weighted by Crippen LogP contribution is -2.28. The first-order chi connectivity index (χ1) is 9.72. The summed E-state index contributed by atoms with van der Waals surface area (Å²) in [5.74, 6) is -1.93. The molecule has 21 heavy (non-hydrogen) atoms. The van der Waals surface area contributed by atoms with Gasteiger partial charge >= 0.3 is 0 Å². The summed E-state index contributed by atoms with van der Waals surface area (Å²) in [6.07, 6.45) is 1.69. The van der Waals surface area contributed by atoms with Crippen molar-refractivity contribution in [2.24, 2.45) is 0 Å². The molecule has 118 valence electrons. The van der Waals surface area contributed by atoms with Crippen molar-refractivity contribution in [3.05, 3.63) is 23.5 Å². The molecule has 0 bridgehead atoms.